The van der Waals surface area contributed by atoms with E-state index >= 15 is 0 Å². The van der Waals surface area contributed by atoms with Crippen molar-refractivity contribution in [3.63, 3.8) is 0 Å². The second-order valence-electron chi connectivity index (χ2n) is 5.86. The average molecular weight is 340 g/mol. The number of hydrogen-bond donors (Lipinski definition) is 1. The van der Waals surface area contributed by atoms with Crippen molar-refractivity contribution in [1.82, 2.24) is 10.2 Å². The fourth-order valence-electron chi connectivity index (χ4n) is 2.45. The minimum absolute atomic E-state index is 0.0623. The minimum atomic E-state index is -4.33. The van der Waals surface area contributed by atoms with Crippen molar-refractivity contribution in [1.29, 1.82) is 0 Å². The Balaban J connectivity index is 2.00. The zero-order chi connectivity index (χ0) is 17.7. The van der Waals surface area contributed by atoms with Gasteiger partial charge in [0.2, 0.25) is 0 Å². The molecule has 0 aliphatic rings. The summed E-state index contributed by atoms with van der Waals surface area (Å²) in [6.45, 7) is 1.13. The molecule has 0 fully saturated rings. The summed E-state index contributed by atoms with van der Waals surface area (Å²) in [6.07, 6.45) is -4.33. The van der Waals surface area contributed by atoms with Crippen LogP contribution in [0.4, 0.5) is 17.6 Å². The van der Waals surface area contributed by atoms with Gasteiger partial charge in [0, 0.05) is 19.1 Å². The third kappa shape index (κ3) is 5.04. The van der Waals surface area contributed by atoms with E-state index in [0.717, 1.165) is 23.3 Å². The molecule has 0 spiro atoms. The molecule has 0 radical (unpaired) electrons. The smallest absolute Gasteiger partial charge is 0.311 e. The molecule has 1 atom stereocenters. The molecule has 0 heterocycles. The van der Waals surface area contributed by atoms with Crippen molar-refractivity contribution in [2.24, 2.45) is 0 Å². The van der Waals surface area contributed by atoms with E-state index in [-0.39, 0.29) is 11.9 Å². The summed E-state index contributed by atoms with van der Waals surface area (Å²) in [7, 11) is 3.75. The molecule has 1 N–H and O–H groups in total. The molecule has 130 valence electrons. The fraction of sp³-hybridized carbons (Fsp3) is 0.333. The number of nitrogens with one attached hydrogen (secondary N) is 1. The van der Waals surface area contributed by atoms with Gasteiger partial charge in [0.1, 0.15) is 5.82 Å². The molecule has 0 bridgehead atoms. The predicted octanol–water partition coefficient (Wildman–Crippen LogP) is 4.24. The van der Waals surface area contributed by atoms with Crippen LogP contribution in [-0.2, 0) is 12.7 Å². The Labute approximate surface area is 139 Å². The van der Waals surface area contributed by atoms with Gasteiger partial charge < -0.3 is 10.2 Å². The molecule has 0 aromatic heterocycles. The first-order valence-corrected chi connectivity index (χ1v) is 7.56. The maximum absolute atomic E-state index is 12.9. The molecular formula is C18H20F4N2. The molecule has 2 aromatic rings. The second-order valence-corrected chi connectivity index (χ2v) is 5.86. The lowest BCUT2D eigenvalue weighted by molar-refractivity contribution is -0.137. The van der Waals surface area contributed by atoms with E-state index in [9.17, 15) is 17.6 Å². The average Bonchev–Trinajstić information content (AvgIpc) is 2.52. The molecule has 0 aliphatic heterocycles. The number of rotatable bonds is 6. The summed E-state index contributed by atoms with van der Waals surface area (Å²) in [5.74, 6) is -0.283. The van der Waals surface area contributed by atoms with E-state index < -0.39 is 11.7 Å². The van der Waals surface area contributed by atoms with Crippen molar-refractivity contribution in [2.45, 2.75) is 18.8 Å². The number of hydrogen-bond acceptors (Lipinski definition) is 2. The Hall–Kier alpha value is -1.92. The van der Waals surface area contributed by atoms with Crippen LogP contribution in [0.3, 0.4) is 0 Å². The highest BCUT2D eigenvalue weighted by atomic mass is 19.4. The summed E-state index contributed by atoms with van der Waals surface area (Å²) in [4.78, 5) is 1.94. The normalized spacial score (nSPS) is 13.3. The molecule has 2 aromatic carbocycles. The maximum Gasteiger partial charge on any atom is 0.416 e. The van der Waals surface area contributed by atoms with Crippen molar-refractivity contribution in [2.75, 3.05) is 20.6 Å². The molecule has 6 heteroatoms. The van der Waals surface area contributed by atoms with Crippen LogP contribution in [0.15, 0.2) is 48.5 Å². The molecule has 0 aliphatic carbocycles. The molecule has 2 nitrogen and oxygen atoms in total. The van der Waals surface area contributed by atoms with Crippen LogP contribution in [0.2, 0.25) is 0 Å². The van der Waals surface area contributed by atoms with Gasteiger partial charge in [-0.15, -0.1) is 0 Å². The highest BCUT2D eigenvalue weighted by Gasteiger charge is 2.30. The predicted molar refractivity (Wildman–Crippen MR) is 86.0 cm³/mol. The maximum atomic E-state index is 12.9. The quantitative estimate of drug-likeness (QED) is 0.792. The van der Waals surface area contributed by atoms with Crippen molar-refractivity contribution in [3.8, 4) is 0 Å². The molecule has 0 saturated carbocycles. The summed E-state index contributed by atoms with van der Waals surface area (Å²) in [5, 5.41) is 3.26. The summed E-state index contributed by atoms with van der Waals surface area (Å²) < 4.78 is 50.8. The molecule has 24 heavy (non-hydrogen) atoms. The topological polar surface area (TPSA) is 15.3 Å². The fourth-order valence-corrected chi connectivity index (χ4v) is 2.45. The van der Waals surface area contributed by atoms with Gasteiger partial charge in [-0.25, -0.2) is 4.39 Å². The zero-order valence-corrected chi connectivity index (χ0v) is 13.6. The molecule has 0 amide bonds. The van der Waals surface area contributed by atoms with E-state index in [1.165, 1.54) is 24.3 Å². The third-order valence-corrected chi connectivity index (χ3v) is 3.83. The van der Waals surface area contributed by atoms with Crippen LogP contribution in [-0.4, -0.2) is 25.5 Å². The standard InChI is InChI=1S/C18H20F4N2/c1-24(2)17(12-23-11-13-3-9-16(19)10-4-13)14-5-7-15(8-6-14)18(20,21)22/h3-10,17,23H,11-12H2,1-2H3. The Bertz CT molecular complexity index is 634. The summed E-state index contributed by atoms with van der Waals surface area (Å²) in [5.41, 5.74) is 1.10. The van der Waals surface area contributed by atoms with Crippen LogP contribution in [0.1, 0.15) is 22.7 Å². The summed E-state index contributed by atoms with van der Waals surface area (Å²) >= 11 is 0. The van der Waals surface area contributed by atoms with Crippen LogP contribution < -0.4 is 5.32 Å². The SMILES string of the molecule is CN(C)C(CNCc1ccc(F)cc1)c1ccc(C(F)(F)F)cc1. The lowest BCUT2D eigenvalue weighted by Crippen LogP contribution is -2.30. The van der Waals surface area contributed by atoms with Gasteiger partial charge in [0.05, 0.1) is 5.56 Å². The monoisotopic (exact) mass is 340 g/mol. The lowest BCUT2D eigenvalue weighted by atomic mass is 10.0. The van der Waals surface area contributed by atoms with Gasteiger partial charge in [-0.3, -0.25) is 0 Å². The highest BCUT2D eigenvalue weighted by molar-refractivity contribution is 5.27. The van der Waals surface area contributed by atoms with Crippen molar-refractivity contribution < 1.29 is 17.6 Å². The third-order valence-electron chi connectivity index (χ3n) is 3.83. The van der Waals surface area contributed by atoms with Crippen LogP contribution in [0.5, 0.6) is 0 Å². The van der Waals surface area contributed by atoms with Crippen LogP contribution >= 0.6 is 0 Å². The van der Waals surface area contributed by atoms with E-state index in [1.807, 2.05) is 19.0 Å². The Morgan fingerprint density at radius 2 is 1.54 bits per heavy atom. The first-order chi connectivity index (χ1) is 11.3. The molecule has 0 saturated heterocycles. The van der Waals surface area contributed by atoms with Gasteiger partial charge >= 0.3 is 6.18 Å². The highest BCUT2D eigenvalue weighted by Crippen LogP contribution is 2.30. The van der Waals surface area contributed by atoms with Crippen molar-refractivity contribution >= 4 is 0 Å². The Morgan fingerprint density at radius 1 is 0.958 bits per heavy atom. The number of benzene rings is 2. The Kier molecular flexibility index (Phi) is 5.96. The summed E-state index contributed by atoms with van der Waals surface area (Å²) in [6, 6.07) is 11.4. The zero-order valence-electron chi connectivity index (χ0n) is 13.6. The van der Waals surface area contributed by atoms with E-state index in [1.54, 1.807) is 12.1 Å². The molecule has 1 unspecified atom stereocenters. The first kappa shape index (κ1) is 18.4. The Morgan fingerprint density at radius 3 is 2.04 bits per heavy atom. The lowest BCUT2D eigenvalue weighted by Gasteiger charge is -2.25. The minimum Gasteiger partial charge on any atom is -0.311 e. The van der Waals surface area contributed by atoms with Crippen molar-refractivity contribution in [3.05, 3.63) is 71.0 Å². The number of alkyl halides is 3. The van der Waals surface area contributed by atoms with Gasteiger partial charge in [-0.05, 0) is 49.5 Å². The molecular weight excluding hydrogens is 320 g/mol. The number of halogens is 4. The van der Waals surface area contributed by atoms with Gasteiger partial charge in [0.15, 0.2) is 0 Å². The largest absolute Gasteiger partial charge is 0.416 e. The number of likely N-dealkylation sites (N-methyl/N-ethyl adjacent to an activating group) is 1. The second kappa shape index (κ2) is 7.77. The van der Waals surface area contributed by atoms with Crippen LogP contribution in [0.25, 0.3) is 0 Å². The van der Waals surface area contributed by atoms with E-state index in [0.29, 0.717) is 13.1 Å². The number of nitrogens with zero attached hydrogens (tertiary/aromatic N) is 1. The van der Waals surface area contributed by atoms with Gasteiger partial charge in [-0.2, -0.15) is 13.2 Å². The van der Waals surface area contributed by atoms with Gasteiger partial charge in [-0.1, -0.05) is 24.3 Å². The molecule has 2 rings (SSSR count). The first-order valence-electron chi connectivity index (χ1n) is 7.56. The van der Waals surface area contributed by atoms with Gasteiger partial charge in [0.25, 0.3) is 0 Å². The van der Waals surface area contributed by atoms with Crippen LogP contribution in [0, 0.1) is 5.82 Å². The van der Waals surface area contributed by atoms with E-state index in [4.69, 9.17) is 0 Å². The van der Waals surface area contributed by atoms with E-state index in [2.05, 4.69) is 5.32 Å².